The van der Waals surface area contributed by atoms with Gasteiger partial charge in [0.25, 0.3) is 0 Å². The van der Waals surface area contributed by atoms with Crippen LogP contribution in [0.4, 0.5) is 5.69 Å². The van der Waals surface area contributed by atoms with Crippen LogP contribution in [-0.4, -0.2) is 13.7 Å². The van der Waals surface area contributed by atoms with E-state index in [2.05, 4.69) is 18.0 Å². The molecule has 0 saturated carbocycles. The van der Waals surface area contributed by atoms with Gasteiger partial charge in [0.15, 0.2) is 11.5 Å². The van der Waals surface area contributed by atoms with Crippen LogP contribution in [0.25, 0.3) is 0 Å². The van der Waals surface area contributed by atoms with E-state index >= 15 is 0 Å². The fourth-order valence-electron chi connectivity index (χ4n) is 3.06. The Bertz CT molecular complexity index is 921. The van der Waals surface area contributed by atoms with Gasteiger partial charge in [0.05, 0.1) is 13.7 Å². The van der Waals surface area contributed by atoms with Crippen molar-refractivity contribution >= 4 is 5.69 Å². The van der Waals surface area contributed by atoms with Crippen LogP contribution in [0.5, 0.6) is 23.0 Å². The van der Waals surface area contributed by atoms with Crippen molar-refractivity contribution in [3.8, 4) is 23.0 Å². The molecule has 150 valence electrons. The zero-order valence-electron chi connectivity index (χ0n) is 17.0. The first-order valence-electron chi connectivity index (χ1n) is 9.73. The second-order valence-corrected chi connectivity index (χ2v) is 6.51. The fraction of sp³-hybridized carbons (Fsp3) is 0.200. The Morgan fingerprint density at radius 3 is 2.34 bits per heavy atom. The van der Waals surface area contributed by atoms with Crippen molar-refractivity contribution in [3.05, 3.63) is 90.5 Å². The molecule has 0 aliphatic rings. The van der Waals surface area contributed by atoms with Crippen molar-refractivity contribution in [3.63, 3.8) is 0 Å². The van der Waals surface area contributed by atoms with Crippen molar-refractivity contribution in [2.75, 3.05) is 19.0 Å². The number of benzene rings is 3. The van der Waals surface area contributed by atoms with Crippen LogP contribution in [0, 0.1) is 0 Å². The molecule has 29 heavy (non-hydrogen) atoms. The summed E-state index contributed by atoms with van der Waals surface area (Å²) in [5.74, 6) is 3.16. The maximum absolute atomic E-state index is 5.84. The van der Waals surface area contributed by atoms with E-state index in [0.29, 0.717) is 13.2 Å². The van der Waals surface area contributed by atoms with Crippen molar-refractivity contribution in [2.45, 2.75) is 19.9 Å². The van der Waals surface area contributed by atoms with E-state index in [4.69, 9.17) is 14.2 Å². The first kappa shape index (κ1) is 20.3. The topological polar surface area (TPSA) is 39.7 Å². The van der Waals surface area contributed by atoms with Crippen LogP contribution in [0.1, 0.15) is 18.1 Å². The van der Waals surface area contributed by atoms with E-state index in [-0.39, 0.29) is 0 Å². The number of para-hydroxylation sites is 1. The molecule has 0 unspecified atom stereocenters. The first-order chi connectivity index (χ1) is 14.2. The number of ether oxygens (including phenoxy) is 3. The summed E-state index contributed by atoms with van der Waals surface area (Å²) in [5.41, 5.74) is 3.21. The minimum Gasteiger partial charge on any atom is -0.493 e. The molecule has 0 amide bonds. The van der Waals surface area contributed by atoms with Crippen molar-refractivity contribution < 1.29 is 14.2 Å². The van der Waals surface area contributed by atoms with Crippen LogP contribution in [0.15, 0.2) is 79.4 Å². The maximum Gasteiger partial charge on any atom is 0.164 e. The molecular weight excluding hydrogens is 362 g/mol. The average molecular weight is 389 g/mol. The molecule has 1 N–H and O–H groups in total. The maximum atomic E-state index is 5.84. The molecule has 0 aliphatic carbocycles. The third-order valence-electron chi connectivity index (χ3n) is 4.39. The first-order valence-corrected chi connectivity index (χ1v) is 9.73. The number of allylic oxidation sites excluding steroid dienone is 1. The van der Waals surface area contributed by atoms with Gasteiger partial charge in [-0.1, -0.05) is 24.3 Å². The number of rotatable bonds is 10. The van der Waals surface area contributed by atoms with Crippen LogP contribution in [-0.2, 0) is 13.0 Å². The summed E-state index contributed by atoms with van der Waals surface area (Å²) in [5, 5.41) is 3.45. The second-order valence-electron chi connectivity index (χ2n) is 6.51. The molecule has 3 aromatic carbocycles. The van der Waals surface area contributed by atoms with Gasteiger partial charge in [0, 0.05) is 17.8 Å². The number of hydrogen-bond acceptors (Lipinski definition) is 4. The number of hydrogen-bond donors (Lipinski definition) is 1. The molecule has 0 saturated heterocycles. The average Bonchev–Trinajstić information content (AvgIpc) is 2.75. The fourth-order valence-corrected chi connectivity index (χ4v) is 3.06. The normalized spacial score (nSPS) is 10.3. The molecule has 0 aromatic heterocycles. The smallest absolute Gasteiger partial charge is 0.164 e. The second kappa shape index (κ2) is 10.2. The molecule has 0 radical (unpaired) electrons. The predicted octanol–water partition coefficient (Wildman–Crippen LogP) is 6.23. The van der Waals surface area contributed by atoms with E-state index in [9.17, 15) is 0 Å². The summed E-state index contributed by atoms with van der Waals surface area (Å²) in [6, 6.07) is 21.8. The molecule has 3 aromatic rings. The largest absolute Gasteiger partial charge is 0.493 e. The molecule has 0 aliphatic heterocycles. The van der Waals surface area contributed by atoms with Crippen LogP contribution >= 0.6 is 0 Å². The van der Waals surface area contributed by atoms with Crippen LogP contribution in [0.3, 0.4) is 0 Å². The van der Waals surface area contributed by atoms with Gasteiger partial charge in [-0.05, 0) is 67.4 Å². The van der Waals surface area contributed by atoms with Crippen molar-refractivity contribution in [2.24, 2.45) is 0 Å². The van der Waals surface area contributed by atoms with E-state index in [1.807, 2.05) is 73.7 Å². The Labute approximate surface area is 172 Å². The van der Waals surface area contributed by atoms with Crippen molar-refractivity contribution in [1.29, 1.82) is 0 Å². The van der Waals surface area contributed by atoms with Gasteiger partial charge in [-0.15, -0.1) is 6.58 Å². The third kappa shape index (κ3) is 5.55. The lowest BCUT2D eigenvalue weighted by Crippen LogP contribution is -2.04. The Kier molecular flexibility index (Phi) is 7.17. The highest BCUT2D eigenvalue weighted by Gasteiger charge is 2.12. The molecule has 4 nitrogen and oxygen atoms in total. The van der Waals surface area contributed by atoms with Gasteiger partial charge in [-0.3, -0.25) is 0 Å². The highest BCUT2D eigenvalue weighted by atomic mass is 16.5. The standard InChI is InChI=1S/C25H27NO3/c1-4-9-20-16-19(17-24(27-3)25(20)28-5-2)18-26-21-12-14-23(15-13-21)29-22-10-7-6-8-11-22/h4,6-8,10-17,26H,1,5,9,18H2,2-3H3. The van der Waals surface area contributed by atoms with Gasteiger partial charge >= 0.3 is 0 Å². The lowest BCUT2D eigenvalue weighted by Gasteiger charge is -2.16. The number of methoxy groups -OCH3 is 1. The molecule has 0 bridgehead atoms. The van der Waals surface area contributed by atoms with Crippen LogP contribution in [0.2, 0.25) is 0 Å². The number of anilines is 1. The molecule has 0 spiro atoms. The molecular formula is C25H27NO3. The Morgan fingerprint density at radius 2 is 1.69 bits per heavy atom. The molecule has 0 atom stereocenters. The Balaban J connectivity index is 1.68. The summed E-state index contributed by atoms with van der Waals surface area (Å²) in [6.45, 7) is 7.09. The third-order valence-corrected chi connectivity index (χ3v) is 4.39. The van der Waals surface area contributed by atoms with Crippen molar-refractivity contribution in [1.82, 2.24) is 0 Å². The van der Waals surface area contributed by atoms with E-state index in [0.717, 1.165) is 46.2 Å². The van der Waals surface area contributed by atoms with Gasteiger partial charge < -0.3 is 19.5 Å². The van der Waals surface area contributed by atoms with Crippen LogP contribution < -0.4 is 19.5 Å². The SMILES string of the molecule is C=CCc1cc(CNc2ccc(Oc3ccccc3)cc2)cc(OC)c1OCC. The van der Waals surface area contributed by atoms with E-state index in [1.165, 1.54) is 0 Å². The summed E-state index contributed by atoms with van der Waals surface area (Å²) in [4.78, 5) is 0. The molecule has 4 heteroatoms. The molecule has 3 rings (SSSR count). The minimum atomic E-state index is 0.593. The highest BCUT2D eigenvalue weighted by Crippen LogP contribution is 2.34. The number of nitrogens with one attached hydrogen (secondary N) is 1. The monoisotopic (exact) mass is 389 g/mol. The Hall–Kier alpha value is -3.40. The van der Waals surface area contributed by atoms with E-state index in [1.54, 1.807) is 7.11 Å². The zero-order valence-corrected chi connectivity index (χ0v) is 17.0. The lowest BCUT2D eigenvalue weighted by atomic mass is 10.1. The predicted molar refractivity (Wildman–Crippen MR) is 118 cm³/mol. The van der Waals surface area contributed by atoms with Gasteiger partial charge in [-0.2, -0.15) is 0 Å². The zero-order chi connectivity index (χ0) is 20.5. The molecule has 0 heterocycles. The summed E-state index contributed by atoms with van der Waals surface area (Å²) in [7, 11) is 1.66. The quantitative estimate of drug-likeness (QED) is 0.417. The van der Waals surface area contributed by atoms with Gasteiger partial charge in [0.1, 0.15) is 11.5 Å². The van der Waals surface area contributed by atoms with Gasteiger partial charge in [-0.25, -0.2) is 0 Å². The molecule has 0 fully saturated rings. The highest BCUT2D eigenvalue weighted by molar-refractivity contribution is 5.52. The van der Waals surface area contributed by atoms with E-state index < -0.39 is 0 Å². The minimum absolute atomic E-state index is 0.593. The Morgan fingerprint density at radius 1 is 0.966 bits per heavy atom. The van der Waals surface area contributed by atoms with Gasteiger partial charge in [0.2, 0.25) is 0 Å². The lowest BCUT2D eigenvalue weighted by molar-refractivity contribution is 0.308. The summed E-state index contributed by atoms with van der Waals surface area (Å²) >= 11 is 0. The summed E-state index contributed by atoms with van der Waals surface area (Å²) < 4.78 is 17.2. The summed E-state index contributed by atoms with van der Waals surface area (Å²) in [6.07, 6.45) is 2.60.